The maximum Gasteiger partial charge on any atom is 0.328 e. The van der Waals surface area contributed by atoms with Gasteiger partial charge in [-0.2, -0.15) is 11.8 Å². The van der Waals surface area contributed by atoms with Crippen LogP contribution in [0.5, 0.6) is 0 Å². The van der Waals surface area contributed by atoms with E-state index in [1.165, 1.54) is 25.3 Å². The first-order valence-corrected chi connectivity index (χ1v) is 6.53. The lowest BCUT2D eigenvalue weighted by atomic mass is 10.2. The summed E-state index contributed by atoms with van der Waals surface area (Å²) in [5, 5.41) is 12.5. The Morgan fingerprint density at radius 2 is 2.40 bits per heavy atom. The smallest absolute Gasteiger partial charge is 0.328 e. The second-order valence-corrected chi connectivity index (χ2v) is 5.20. The first-order valence-electron chi connectivity index (χ1n) is 5.48. The normalized spacial score (nSPS) is 26.2. The second-order valence-electron chi connectivity index (χ2n) is 3.68. The van der Waals surface area contributed by atoms with Crippen LogP contribution >= 0.6 is 11.8 Å². The molecule has 1 rings (SSSR count). The Hall–Kier alpha value is -0.480. The van der Waals surface area contributed by atoms with Crippen molar-refractivity contribution < 1.29 is 9.90 Å². The van der Waals surface area contributed by atoms with Crippen LogP contribution in [0.15, 0.2) is 12.2 Å². The molecule has 0 radical (unpaired) electrons. The lowest BCUT2D eigenvalue weighted by Crippen LogP contribution is -2.34. The van der Waals surface area contributed by atoms with Gasteiger partial charge in [0, 0.05) is 23.9 Å². The number of aliphatic carboxylic acids is 1. The first-order chi connectivity index (χ1) is 7.24. The Kier molecular flexibility index (Phi) is 5.79. The van der Waals surface area contributed by atoms with Crippen molar-refractivity contribution in [3.63, 3.8) is 0 Å². The molecule has 2 atom stereocenters. The second kappa shape index (κ2) is 6.90. The Morgan fingerprint density at radius 3 is 3.07 bits per heavy atom. The number of carboxylic acid groups (broad SMARTS) is 1. The SMILES string of the molecule is CCSC1CCCC1NC/C=C/C(=O)O. The van der Waals surface area contributed by atoms with Crippen molar-refractivity contribution in [3.05, 3.63) is 12.2 Å². The third kappa shape index (κ3) is 4.71. The molecular formula is C11H19NO2S. The molecular weight excluding hydrogens is 210 g/mol. The van der Waals surface area contributed by atoms with Crippen LogP contribution in [-0.4, -0.2) is 34.7 Å². The van der Waals surface area contributed by atoms with Gasteiger partial charge < -0.3 is 10.4 Å². The molecule has 0 bridgehead atoms. The van der Waals surface area contributed by atoms with E-state index in [9.17, 15) is 4.79 Å². The molecule has 0 aliphatic heterocycles. The molecule has 86 valence electrons. The van der Waals surface area contributed by atoms with Gasteiger partial charge in [0.1, 0.15) is 0 Å². The van der Waals surface area contributed by atoms with E-state index in [0.29, 0.717) is 17.8 Å². The predicted molar refractivity (Wildman–Crippen MR) is 64.3 cm³/mol. The van der Waals surface area contributed by atoms with Crippen LogP contribution in [0.4, 0.5) is 0 Å². The minimum atomic E-state index is -0.872. The molecule has 2 N–H and O–H groups in total. The summed E-state index contributed by atoms with van der Waals surface area (Å²) < 4.78 is 0. The number of carbonyl (C=O) groups is 1. The Balaban J connectivity index is 2.22. The van der Waals surface area contributed by atoms with E-state index in [-0.39, 0.29) is 0 Å². The number of hydrogen-bond donors (Lipinski definition) is 2. The summed E-state index contributed by atoms with van der Waals surface area (Å²) >= 11 is 2.01. The molecule has 15 heavy (non-hydrogen) atoms. The fraction of sp³-hybridized carbons (Fsp3) is 0.727. The number of nitrogens with one attached hydrogen (secondary N) is 1. The van der Waals surface area contributed by atoms with Crippen molar-refractivity contribution in [3.8, 4) is 0 Å². The number of carboxylic acids is 1. The maximum absolute atomic E-state index is 10.2. The van der Waals surface area contributed by atoms with E-state index in [0.717, 1.165) is 5.75 Å². The van der Waals surface area contributed by atoms with Crippen molar-refractivity contribution >= 4 is 17.7 Å². The van der Waals surface area contributed by atoms with Crippen LogP contribution in [-0.2, 0) is 4.79 Å². The summed E-state index contributed by atoms with van der Waals surface area (Å²) in [4.78, 5) is 10.2. The number of hydrogen-bond acceptors (Lipinski definition) is 3. The van der Waals surface area contributed by atoms with Crippen LogP contribution in [0.1, 0.15) is 26.2 Å². The van der Waals surface area contributed by atoms with Crippen LogP contribution in [0, 0.1) is 0 Å². The quantitative estimate of drug-likeness (QED) is 0.683. The van der Waals surface area contributed by atoms with Gasteiger partial charge in [-0.3, -0.25) is 0 Å². The Bertz CT molecular complexity index is 231. The number of rotatable bonds is 6. The molecule has 0 spiro atoms. The molecule has 3 nitrogen and oxygen atoms in total. The molecule has 0 aromatic heterocycles. The fourth-order valence-corrected chi connectivity index (χ4v) is 3.18. The lowest BCUT2D eigenvalue weighted by molar-refractivity contribution is -0.131. The molecule has 4 heteroatoms. The molecule has 1 aliphatic carbocycles. The van der Waals surface area contributed by atoms with Gasteiger partial charge in [0.05, 0.1) is 0 Å². The van der Waals surface area contributed by atoms with Crippen molar-refractivity contribution in [2.24, 2.45) is 0 Å². The topological polar surface area (TPSA) is 49.3 Å². The average molecular weight is 229 g/mol. The van der Waals surface area contributed by atoms with E-state index < -0.39 is 5.97 Å². The van der Waals surface area contributed by atoms with Gasteiger partial charge in [0.15, 0.2) is 0 Å². The summed E-state index contributed by atoms with van der Waals surface area (Å²) in [7, 11) is 0. The van der Waals surface area contributed by atoms with Gasteiger partial charge in [-0.15, -0.1) is 0 Å². The third-order valence-electron chi connectivity index (χ3n) is 2.59. The van der Waals surface area contributed by atoms with Gasteiger partial charge in [-0.1, -0.05) is 19.4 Å². The largest absolute Gasteiger partial charge is 0.478 e. The summed E-state index contributed by atoms with van der Waals surface area (Å²) in [6.45, 7) is 2.85. The predicted octanol–water partition coefficient (Wildman–Crippen LogP) is 1.89. The Labute approximate surface area is 95.3 Å². The summed E-state index contributed by atoms with van der Waals surface area (Å²) in [6.07, 6.45) is 6.67. The van der Waals surface area contributed by atoms with E-state index >= 15 is 0 Å². The van der Waals surface area contributed by atoms with Crippen LogP contribution < -0.4 is 5.32 Å². The maximum atomic E-state index is 10.2. The van der Waals surface area contributed by atoms with E-state index in [1.54, 1.807) is 6.08 Å². The summed E-state index contributed by atoms with van der Waals surface area (Å²) in [6, 6.07) is 0.563. The van der Waals surface area contributed by atoms with E-state index in [1.807, 2.05) is 11.8 Å². The molecule has 0 amide bonds. The Morgan fingerprint density at radius 1 is 1.60 bits per heavy atom. The molecule has 1 saturated carbocycles. The highest BCUT2D eigenvalue weighted by Gasteiger charge is 2.25. The van der Waals surface area contributed by atoms with Crippen LogP contribution in [0.25, 0.3) is 0 Å². The third-order valence-corrected chi connectivity index (χ3v) is 3.92. The number of thioether (sulfide) groups is 1. The fourth-order valence-electron chi connectivity index (χ4n) is 1.95. The molecule has 1 fully saturated rings. The molecule has 0 aromatic rings. The molecule has 1 aliphatic rings. The van der Waals surface area contributed by atoms with Crippen molar-refractivity contribution in [2.75, 3.05) is 12.3 Å². The highest BCUT2D eigenvalue weighted by molar-refractivity contribution is 7.99. The van der Waals surface area contributed by atoms with Crippen molar-refractivity contribution in [2.45, 2.75) is 37.5 Å². The van der Waals surface area contributed by atoms with Gasteiger partial charge in [0.25, 0.3) is 0 Å². The molecule has 0 saturated heterocycles. The van der Waals surface area contributed by atoms with Crippen LogP contribution in [0.2, 0.25) is 0 Å². The minimum absolute atomic E-state index is 0.563. The minimum Gasteiger partial charge on any atom is -0.478 e. The summed E-state index contributed by atoms with van der Waals surface area (Å²) in [5.41, 5.74) is 0. The standard InChI is InChI=1S/C11H19NO2S/c1-2-15-10-6-3-5-9(10)12-8-4-7-11(13)14/h4,7,9-10,12H,2-3,5-6,8H2,1H3,(H,13,14)/b7-4+. The van der Waals surface area contributed by atoms with Crippen molar-refractivity contribution in [1.29, 1.82) is 0 Å². The van der Waals surface area contributed by atoms with Crippen LogP contribution in [0.3, 0.4) is 0 Å². The zero-order chi connectivity index (χ0) is 11.1. The highest BCUT2D eigenvalue weighted by Crippen LogP contribution is 2.29. The van der Waals surface area contributed by atoms with Gasteiger partial charge >= 0.3 is 5.97 Å². The molecule has 2 unspecified atom stereocenters. The molecule has 0 aromatic carbocycles. The lowest BCUT2D eigenvalue weighted by Gasteiger charge is -2.19. The zero-order valence-corrected chi connectivity index (χ0v) is 9.93. The van der Waals surface area contributed by atoms with Gasteiger partial charge in [-0.25, -0.2) is 4.79 Å². The molecule has 0 heterocycles. The van der Waals surface area contributed by atoms with Gasteiger partial charge in [0.2, 0.25) is 0 Å². The summed E-state index contributed by atoms with van der Waals surface area (Å²) in [5.74, 6) is 0.288. The van der Waals surface area contributed by atoms with E-state index in [2.05, 4.69) is 12.2 Å². The highest BCUT2D eigenvalue weighted by atomic mass is 32.2. The van der Waals surface area contributed by atoms with Crippen molar-refractivity contribution in [1.82, 2.24) is 5.32 Å². The monoisotopic (exact) mass is 229 g/mol. The average Bonchev–Trinajstić information content (AvgIpc) is 2.61. The van der Waals surface area contributed by atoms with E-state index in [4.69, 9.17) is 5.11 Å². The first kappa shape index (κ1) is 12.6. The zero-order valence-electron chi connectivity index (χ0n) is 9.11. The van der Waals surface area contributed by atoms with Gasteiger partial charge in [-0.05, 0) is 18.6 Å².